The summed E-state index contributed by atoms with van der Waals surface area (Å²) in [6.45, 7) is 2.14. The van der Waals surface area contributed by atoms with Crippen molar-refractivity contribution in [2.24, 2.45) is 0 Å². The molecule has 0 aliphatic heterocycles. The fourth-order valence-electron chi connectivity index (χ4n) is 2.94. The summed E-state index contributed by atoms with van der Waals surface area (Å²) in [5, 5.41) is 13.6. The van der Waals surface area contributed by atoms with Crippen molar-refractivity contribution in [3.8, 4) is 0 Å². The monoisotopic (exact) mass is 270 g/mol. The number of anilines is 1. The minimum Gasteiger partial charge on any atom is -0.478 e. The van der Waals surface area contributed by atoms with Gasteiger partial charge in [-0.25, -0.2) is 9.78 Å². The second kappa shape index (κ2) is 4.78. The number of aromatic carboxylic acids is 1. The molecule has 1 fully saturated rings. The highest BCUT2D eigenvalue weighted by molar-refractivity contribution is 5.98. The van der Waals surface area contributed by atoms with Crippen LogP contribution in [0.5, 0.6) is 0 Å². The molecule has 1 saturated carbocycles. The number of carboxylic acid groups (broad SMARTS) is 1. The van der Waals surface area contributed by atoms with Gasteiger partial charge in [0.15, 0.2) is 0 Å². The van der Waals surface area contributed by atoms with E-state index in [1.54, 1.807) is 6.07 Å². The highest BCUT2D eigenvalue weighted by Crippen LogP contribution is 2.33. The number of aromatic nitrogens is 1. The molecule has 2 N–H and O–H groups in total. The Morgan fingerprint density at radius 3 is 2.70 bits per heavy atom. The number of carboxylic acids is 1. The van der Waals surface area contributed by atoms with Crippen LogP contribution < -0.4 is 5.32 Å². The van der Waals surface area contributed by atoms with Crippen LogP contribution in [0.1, 0.15) is 43.0 Å². The number of carbonyl (C=O) groups is 1. The van der Waals surface area contributed by atoms with Crippen molar-refractivity contribution >= 4 is 22.7 Å². The van der Waals surface area contributed by atoms with Crippen molar-refractivity contribution < 1.29 is 9.90 Å². The van der Waals surface area contributed by atoms with E-state index in [2.05, 4.69) is 17.2 Å². The lowest BCUT2D eigenvalue weighted by Crippen LogP contribution is -2.32. The molecule has 1 aromatic carbocycles. The van der Waals surface area contributed by atoms with Crippen molar-refractivity contribution in [2.75, 3.05) is 5.32 Å². The largest absolute Gasteiger partial charge is 0.478 e. The molecule has 0 saturated heterocycles. The van der Waals surface area contributed by atoms with Gasteiger partial charge in [-0.1, -0.05) is 31.0 Å². The average Bonchev–Trinajstić information content (AvgIpc) is 2.84. The lowest BCUT2D eigenvalue weighted by atomic mass is 10.00. The topological polar surface area (TPSA) is 62.2 Å². The Hall–Kier alpha value is -2.10. The van der Waals surface area contributed by atoms with E-state index in [-0.39, 0.29) is 11.1 Å². The maximum Gasteiger partial charge on any atom is 0.339 e. The fourth-order valence-corrected chi connectivity index (χ4v) is 2.94. The molecular weight excluding hydrogens is 252 g/mol. The van der Waals surface area contributed by atoms with Gasteiger partial charge in [-0.05, 0) is 31.9 Å². The fraction of sp³-hybridized carbons (Fsp3) is 0.375. The van der Waals surface area contributed by atoms with Crippen molar-refractivity contribution in [3.63, 3.8) is 0 Å². The first-order valence-corrected chi connectivity index (χ1v) is 6.99. The Labute approximate surface area is 117 Å². The quantitative estimate of drug-likeness (QED) is 0.893. The number of para-hydroxylation sites is 1. The van der Waals surface area contributed by atoms with Crippen LogP contribution >= 0.6 is 0 Å². The Morgan fingerprint density at radius 1 is 1.30 bits per heavy atom. The number of fused-ring (bicyclic) bond motifs is 1. The highest BCUT2D eigenvalue weighted by atomic mass is 16.4. The molecule has 0 bridgehead atoms. The van der Waals surface area contributed by atoms with Crippen molar-refractivity contribution in [1.29, 1.82) is 0 Å². The number of benzene rings is 1. The summed E-state index contributed by atoms with van der Waals surface area (Å²) in [5.74, 6) is -0.451. The first-order valence-electron chi connectivity index (χ1n) is 6.99. The van der Waals surface area contributed by atoms with Crippen LogP contribution in [0, 0.1) is 0 Å². The molecule has 1 heterocycles. The van der Waals surface area contributed by atoms with Crippen LogP contribution in [0.2, 0.25) is 0 Å². The van der Waals surface area contributed by atoms with E-state index in [0.29, 0.717) is 5.82 Å². The van der Waals surface area contributed by atoms with Crippen molar-refractivity contribution in [3.05, 3.63) is 35.9 Å². The molecule has 0 atom stereocenters. The summed E-state index contributed by atoms with van der Waals surface area (Å²) >= 11 is 0. The third-order valence-electron chi connectivity index (χ3n) is 4.08. The number of rotatable bonds is 3. The van der Waals surface area contributed by atoms with Gasteiger partial charge >= 0.3 is 5.97 Å². The van der Waals surface area contributed by atoms with Crippen LogP contribution in [-0.4, -0.2) is 21.6 Å². The zero-order chi connectivity index (χ0) is 14.2. The summed E-state index contributed by atoms with van der Waals surface area (Å²) in [5.41, 5.74) is 1.03. The summed E-state index contributed by atoms with van der Waals surface area (Å²) < 4.78 is 0. The Morgan fingerprint density at radius 2 is 2.00 bits per heavy atom. The number of hydrogen-bond donors (Lipinski definition) is 2. The molecular formula is C16H18N2O2. The van der Waals surface area contributed by atoms with Crippen molar-refractivity contribution in [1.82, 2.24) is 4.98 Å². The SMILES string of the molecule is CC1(Nc2nc3ccccc3cc2C(=O)O)CCCC1. The van der Waals surface area contributed by atoms with Gasteiger partial charge in [0.05, 0.1) is 5.52 Å². The number of hydrogen-bond acceptors (Lipinski definition) is 3. The molecule has 1 aromatic heterocycles. The lowest BCUT2D eigenvalue weighted by molar-refractivity contribution is 0.0697. The van der Waals surface area contributed by atoms with E-state index in [0.717, 1.165) is 23.7 Å². The van der Waals surface area contributed by atoms with E-state index < -0.39 is 5.97 Å². The maximum absolute atomic E-state index is 11.5. The predicted molar refractivity (Wildman–Crippen MR) is 79.2 cm³/mol. The molecule has 4 heteroatoms. The number of nitrogens with one attached hydrogen (secondary N) is 1. The van der Waals surface area contributed by atoms with Gasteiger partial charge in [-0.15, -0.1) is 0 Å². The second-order valence-electron chi connectivity index (χ2n) is 5.78. The summed E-state index contributed by atoms with van der Waals surface area (Å²) in [4.78, 5) is 16.0. The highest BCUT2D eigenvalue weighted by Gasteiger charge is 2.30. The zero-order valence-electron chi connectivity index (χ0n) is 11.5. The third kappa shape index (κ3) is 2.33. The molecule has 2 aromatic rings. The molecule has 0 radical (unpaired) electrons. The second-order valence-corrected chi connectivity index (χ2v) is 5.78. The van der Waals surface area contributed by atoms with Gasteiger partial charge in [0.1, 0.15) is 11.4 Å². The Kier molecular flexibility index (Phi) is 3.08. The van der Waals surface area contributed by atoms with Gasteiger partial charge in [0, 0.05) is 10.9 Å². The van der Waals surface area contributed by atoms with E-state index >= 15 is 0 Å². The summed E-state index contributed by atoms with van der Waals surface area (Å²) in [6.07, 6.45) is 4.47. The maximum atomic E-state index is 11.5. The van der Waals surface area contributed by atoms with Gasteiger partial charge < -0.3 is 10.4 Å². The Balaban J connectivity index is 2.07. The summed E-state index contributed by atoms with van der Waals surface area (Å²) in [7, 11) is 0. The summed E-state index contributed by atoms with van der Waals surface area (Å²) in [6, 6.07) is 9.29. The number of nitrogens with zero attached hydrogens (tertiary/aromatic N) is 1. The molecule has 104 valence electrons. The zero-order valence-corrected chi connectivity index (χ0v) is 11.5. The van der Waals surface area contributed by atoms with E-state index in [9.17, 15) is 9.90 Å². The molecule has 3 rings (SSSR count). The smallest absolute Gasteiger partial charge is 0.339 e. The van der Waals surface area contributed by atoms with Gasteiger partial charge in [0.25, 0.3) is 0 Å². The lowest BCUT2D eigenvalue weighted by Gasteiger charge is -2.27. The third-order valence-corrected chi connectivity index (χ3v) is 4.08. The van der Waals surface area contributed by atoms with E-state index in [4.69, 9.17) is 0 Å². The first kappa shape index (κ1) is 12.9. The van der Waals surface area contributed by atoms with E-state index in [1.165, 1.54) is 12.8 Å². The van der Waals surface area contributed by atoms with Crippen LogP contribution in [0.3, 0.4) is 0 Å². The normalized spacial score (nSPS) is 17.2. The van der Waals surface area contributed by atoms with Crippen LogP contribution in [-0.2, 0) is 0 Å². The first-order chi connectivity index (χ1) is 9.57. The van der Waals surface area contributed by atoms with Crippen LogP contribution in [0.4, 0.5) is 5.82 Å². The molecule has 0 unspecified atom stereocenters. The van der Waals surface area contributed by atoms with Crippen LogP contribution in [0.25, 0.3) is 10.9 Å². The molecule has 1 aliphatic carbocycles. The molecule has 20 heavy (non-hydrogen) atoms. The number of pyridine rings is 1. The standard InChI is InChI=1S/C16H18N2O2/c1-16(8-4-5-9-16)18-14-12(15(19)20)10-11-6-2-3-7-13(11)17-14/h2-3,6-7,10H,4-5,8-9H2,1H3,(H,17,18)(H,19,20). The average molecular weight is 270 g/mol. The Bertz CT molecular complexity index is 661. The molecule has 1 aliphatic rings. The minimum atomic E-state index is -0.938. The van der Waals surface area contributed by atoms with E-state index in [1.807, 2.05) is 24.3 Å². The van der Waals surface area contributed by atoms with Gasteiger partial charge in [-0.3, -0.25) is 0 Å². The van der Waals surface area contributed by atoms with Crippen LogP contribution in [0.15, 0.2) is 30.3 Å². The van der Waals surface area contributed by atoms with Crippen molar-refractivity contribution in [2.45, 2.75) is 38.1 Å². The van der Waals surface area contributed by atoms with Gasteiger partial charge in [0.2, 0.25) is 0 Å². The molecule has 4 nitrogen and oxygen atoms in total. The van der Waals surface area contributed by atoms with Gasteiger partial charge in [-0.2, -0.15) is 0 Å². The molecule has 0 amide bonds. The predicted octanol–water partition coefficient (Wildman–Crippen LogP) is 3.68. The minimum absolute atomic E-state index is 0.0420. The molecule has 0 spiro atoms.